The highest BCUT2D eigenvalue weighted by atomic mass is 32.1. The Morgan fingerprint density at radius 3 is 2.78 bits per heavy atom. The van der Waals surface area contributed by atoms with Gasteiger partial charge in [-0.05, 0) is 49.6 Å². The van der Waals surface area contributed by atoms with Crippen LogP contribution >= 0.6 is 11.5 Å². The number of nitrogens with zero attached hydrogens (tertiary/aromatic N) is 2. The average molecular weight is 264 g/mol. The Hall–Kier alpha value is -0.810. The van der Waals surface area contributed by atoms with Gasteiger partial charge in [0.25, 0.3) is 0 Å². The third kappa shape index (κ3) is 1.99. The number of rotatable bonds is 4. The van der Waals surface area contributed by atoms with Crippen molar-refractivity contribution in [3.63, 3.8) is 0 Å². The number of anilines is 2. The largest absolute Gasteiger partial charge is 0.383 e. The van der Waals surface area contributed by atoms with Gasteiger partial charge in [-0.1, -0.05) is 0 Å². The number of nitrogens with two attached hydrogens (primary N) is 1. The Morgan fingerprint density at radius 1 is 1.22 bits per heavy atom. The number of hydrogen-bond acceptors (Lipinski definition) is 5. The zero-order chi connectivity index (χ0) is 12.1. The van der Waals surface area contributed by atoms with Crippen LogP contribution in [0.25, 0.3) is 0 Å². The Labute approximate surface area is 112 Å². The van der Waals surface area contributed by atoms with E-state index in [0.717, 1.165) is 11.9 Å². The minimum absolute atomic E-state index is 0.600. The number of nitrogen functional groups attached to an aromatic ring is 1. The maximum atomic E-state index is 5.99. The summed E-state index contributed by atoms with van der Waals surface area (Å²) in [5.74, 6) is 1.45. The Kier molecular flexibility index (Phi) is 2.52. The first-order valence-corrected chi connectivity index (χ1v) is 7.84. The quantitative estimate of drug-likeness (QED) is 0.876. The monoisotopic (exact) mass is 264 g/mol. The van der Waals surface area contributed by atoms with E-state index in [1.54, 1.807) is 11.5 Å². The van der Waals surface area contributed by atoms with E-state index in [1.807, 2.05) is 0 Å². The summed E-state index contributed by atoms with van der Waals surface area (Å²) in [5, 5.41) is 4.95. The molecule has 3 fully saturated rings. The molecular weight excluding hydrogens is 244 g/mol. The van der Waals surface area contributed by atoms with Crippen molar-refractivity contribution in [1.82, 2.24) is 9.27 Å². The van der Waals surface area contributed by atoms with Crippen LogP contribution in [-0.2, 0) is 0 Å². The van der Waals surface area contributed by atoms with Crippen LogP contribution in [0.4, 0.5) is 10.8 Å². The highest BCUT2D eigenvalue weighted by Crippen LogP contribution is 2.48. The summed E-state index contributed by atoms with van der Waals surface area (Å²) in [4.78, 5) is 2.64. The van der Waals surface area contributed by atoms with Gasteiger partial charge in [-0.15, -0.1) is 0 Å². The minimum atomic E-state index is 0.600. The predicted molar refractivity (Wildman–Crippen MR) is 75.1 cm³/mol. The van der Waals surface area contributed by atoms with Gasteiger partial charge in [0.15, 0.2) is 0 Å². The van der Waals surface area contributed by atoms with Gasteiger partial charge in [-0.3, -0.25) is 4.90 Å². The molecule has 2 saturated carbocycles. The van der Waals surface area contributed by atoms with Crippen molar-refractivity contribution < 1.29 is 0 Å². The van der Waals surface area contributed by atoms with Crippen LogP contribution in [0.3, 0.4) is 0 Å². The third-order valence-corrected chi connectivity index (χ3v) is 5.17. The van der Waals surface area contributed by atoms with Crippen molar-refractivity contribution in [2.75, 3.05) is 24.1 Å². The minimum Gasteiger partial charge on any atom is -0.383 e. The molecule has 0 spiro atoms. The first-order chi connectivity index (χ1) is 8.81. The van der Waals surface area contributed by atoms with Crippen molar-refractivity contribution in [3.8, 4) is 0 Å². The Balaban J connectivity index is 1.45. The van der Waals surface area contributed by atoms with Crippen LogP contribution in [-0.4, -0.2) is 34.4 Å². The van der Waals surface area contributed by atoms with Crippen molar-refractivity contribution >= 4 is 22.4 Å². The molecule has 1 saturated heterocycles. The van der Waals surface area contributed by atoms with Crippen LogP contribution in [0.15, 0.2) is 0 Å². The molecule has 0 radical (unpaired) electrons. The number of likely N-dealkylation sites (tertiary alicyclic amines) is 1. The van der Waals surface area contributed by atoms with Crippen molar-refractivity contribution in [1.29, 1.82) is 0 Å². The molecule has 3 N–H and O–H groups in total. The molecule has 1 aromatic heterocycles. The van der Waals surface area contributed by atoms with E-state index in [4.69, 9.17) is 5.73 Å². The lowest BCUT2D eigenvalue weighted by molar-refractivity contribution is 0.326. The third-order valence-electron chi connectivity index (χ3n) is 4.36. The molecule has 0 amide bonds. The molecule has 4 nitrogen and oxygen atoms in total. The molecule has 4 rings (SSSR count). The molecule has 2 heterocycles. The van der Waals surface area contributed by atoms with E-state index in [-0.39, 0.29) is 0 Å². The van der Waals surface area contributed by atoms with Gasteiger partial charge in [-0.25, -0.2) is 0 Å². The van der Waals surface area contributed by atoms with E-state index < -0.39 is 0 Å². The lowest BCUT2D eigenvalue weighted by Crippen LogP contribution is -2.27. The molecule has 2 aliphatic carbocycles. The van der Waals surface area contributed by atoms with Crippen LogP contribution < -0.4 is 11.1 Å². The Morgan fingerprint density at radius 2 is 2.06 bits per heavy atom. The average Bonchev–Trinajstić information content (AvgIpc) is 3.28. The fourth-order valence-electron chi connectivity index (χ4n) is 3.04. The van der Waals surface area contributed by atoms with Gasteiger partial charge in [0.05, 0.1) is 0 Å². The van der Waals surface area contributed by atoms with Crippen LogP contribution in [0.5, 0.6) is 0 Å². The molecule has 3 aliphatic rings. The second-order valence-corrected chi connectivity index (χ2v) is 6.71. The highest BCUT2D eigenvalue weighted by molar-refractivity contribution is 7.10. The van der Waals surface area contributed by atoms with Gasteiger partial charge in [0.1, 0.15) is 10.8 Å². The summed E-state index contributed by atoms with van der Waals surface area (Å²) in [5.41, 5.74) is 7.30. The molecule has 0 aromatic carbocycles. The molecule has 5 heteroatoms. The fraction of sp³-hybridized carbons (Fsp3) is 0.769. The molecule has 0 bridgehead atoms. The second kappa shape index (κ2) is 4.10. The summed E-state index contributed by atoms with van der Waals surface area (Å²) in [7, 11) is 0. The fourth-order valence-corrected chi connectivity index (χ4v) is 3.92. The van der Waals surface area contributed by atoms with Crippen LogP contribution in [0.1, 0.15) is 43.6 Å². The highest BCUT2D eigenvalue weighted by Gasteiger charge is 2.36. The number of nitrogens with one attached hydrogen (secondary N) is 1. The van der Waals surface area contributed by atoms with Crippen LogP contribution in [0, 0.1) is 0 Å². The predicted octanol–water partition coefficient (Wildman–Crippen LogP) is 2.25. The lowest BCUT2D eigenvalue weighted by Gasteiger charge is -2.16. The van der Waals surface area contributed by atoms with E-state index >= 15 is 0 Å². The lowest BCUT2D eigenvalue weighted by atomic mass is 10.2. The molecule has 98 valence electrons. The molecule has 1 atom stereocenters. The molecule has 1 unspecified atom stereocenters. The number of aromatic nitrogens is 1. The summed E-state index contributed by atoms with van der Waals surface area (Å²) in [6.45, 7) is 2.46. The number of hydrogen-bond donors (Lipinski definition) is 2. The van der Waals surface area contributed by atoms with E-state index in [0.29, 0.717) is 12.0 Å². The summed E-state index contributed by atoms with van der Waals surface area (Å²) in [6, 6.07) is 1.49. The second-order valence-electron chi connectivity index (χ2n) is 5.94. The Bertz CT molecular complexity index is 450. The molecular formula is C13H20N4S. The first-order valence-electron chi connectivity index (χ1n) is 7.07. The topological polar surface area (TPSA) is 54.2 Å². The molecule has 18 heavy (non-hydrogen) atoms. The van der Waals surface area contributed by atoms with E-state index in [2.05, 4.69) is 14.6 Å². The van der Waals surface area contributed by atoms with Gasteiger partial charge < -0.3 is 11.1 Å². The SMILES string of the molecule is Nc1nsc(NC2CCN(C3CC3)C2)c1C1CC1. The normalized spacial score (nSPS) is 28.8. The zero-order valence-electron chi connectivity index (χ0n) is 10.6. The van der Waals surface area contributed by atoms with Gasteiger partial charge in [0.2, 0.25) is 0 Å². The van der Waals surface area contributed by atoms with Gasteiger partial charge in [0, 0.05) is 30.7 Å². The van der Waals surface area contributed by atoms with Crippen molar-refractivity contribution in [2.45, 2.75) is 50.1 Å². The summed E-state index contributed by atoms with van der Waals surface area (Å²) < 4.78 is 4.33. The van der Waals surface area contributed by atoms with Gasteiger partial charge in [-0.2, -0.15) is 4.37 Å². The first kappa shape index (κ1) is 11.1. The molecule has 1 aromatic rings. The van der Waals surface area contributed by atoms with Gasteiger partial charge >= 0.3 is 0 Å². The summed E-state index contributed by atoms with van der Waals surface area (Å²) >= 11 is 1.55. The van der Waals surface area contributed by atoms with Crippen molar-refractivity contribution in [3.05, 3.63) is 5.56 Å². The van der Waals surface area contributed by atoms with E-state index in [1.165, 1.54) is 55.8 Å². The van der Waals surface area contributed by atoms with Crippen molar-refractivity contribution in [2.24, 2.45) is 0 Å². The molecule has 1 aliphatic heterocycles. The smallest absolute Gasteiger partial charge is 0.142 e. The maximum absolute atomic E-state index is 5.99. The standard InChI is InChI=1S/C13H20N4S/c14-12-11(8-1-2-8)13(18-16-12)15-9-5-6-17(7-9)10-3-4-10/h8-10,15H,1-7H2,(H2,14,16). The zero-order valence-corrected chi connectivity index (χ0v) is 11.4. The van der Waals surface area contributed by atoms with Crippen LogP contribution in [0.2, 0.25) is 0 Å². The maximum Gasteiger partial charge on any atom is 0.142 e. The van der Waals surface area contributed by atoms with E-state index in [9.17, 15) is 0 Å². The summed E-state index contributed by atoms with van der Waals surface area (Å²) in [6.07, 6.45) is 6.66.